The molecule has 1 fully saturated rings. The molecule has 0 heterocycles. The fourth-order valence-corrected chi connectivity index (χ4v) is 3.34. The second-order valence-electron chi connectivity index (χ2n) is 7.03. The predicted molar refractivity (Wildman–Crippen MR) is 86.3 cm³/mol. The smallest absolute Gasteiger partial charge is 0.115 e. The second kappa shape index (κ2) is 6.07. The molecule has 20 heavy (non-hydrogen) atoms. The molecule has 0 spiro atoms. The normalized spacial score (nSPS) is 23.6. The van der Waals surface area contributed by atoms with Gasteiger partial charge in [-0.2, -0.15) is 0 Å². The van der Waals surface area contributed by atoms with Gasteiger partial charge in [-0.3, -0.25) is 0 Å². The summed E-state index contributed by atoms with van der Waals surface area (Å²) in [5, 5.41) is 13.1. The largest absolute Gasteiger partial charge is 0.508 e. The Bertz CT molecular complexity index is 445. The Morgan fingerprint density at radius 1 is 1.20 bits per heavy atom. The molecule has 0 bridgehead atoms. The number of aromatic hydroxyl groups is 1. The van der Waals surface area contributed by atoms with Crippen LogP contribution in [0.5, 0.6) is 5.75 Å². The Balaban J connectivity index is 1.91. The van der Waals surface area contributed by atoms with Crippen LogP contribution in [0.3, 0.4) is 0 Å². The van der Waals surface area contributed by atoms with Gasteiger partial charge in [0.1, 0.15) is 5.75 Å². The molecule has 1 aromatic carbocycles. The topological polar surface area (TPSA) is 32.3 Å². The summed E-state index contributed by atoms with van der Waals surface area (Å²) in [6, 6.07) is 6.17. The van der Waals surface area contributed by atoms with Crippen molar-refractivity contribution in [2.45, 2.75) is 65.8 Å². The van der Waals surface area contributed by atoms with Crippen LogP contribution in [0.2, 0.25) is 0 Å². The van der Waals surface area contributed by atoms with Crippen molar-refractivity contribution >= 4 is 5.69 Å². The zero-order valence-electron chi connectivity index (χ0n) is 13.4. The van der Waals surface area contributed by atoms with E-state index in [0.29, 0.717) is 17.2 Å². The van der Waals surface area contributed by atoms with Crippen molar-refractivity contribution in [2.24, 2.45) is 11.3 Å². The van der Waals surface area contributed by atoms with E-state index < -0.39 is 0 Å². The molecule has 0 atom stereocenters. The lowest BCUT2D eigenvalue weighted by Gasteiger charge is -2.39. The van der Waals surface area contributed by atoms with E-state index in [1.165, 1.54) is 37.8 Å². The zero-order valence-corrected chi connectivity index (χ0v) is 13.4. The Morgan fingerprint density at radius 2 is 1.85 bits per heavy atom. The van der Waals surface area contributed by atoms with Crippen molar-refractivity contribution < 1.29 is 5.11 Å². The van der Waals surface area contributed by atoms with Crippen molar-refractivity contribution in [1.29, 1.82) is 0 Å². The molecule has 0 aromatic heterocycles. The molecule has 0 saturated heterocycles. The molecule has 2 heteroatoms. The highest BCUT2D eigenvalue weighted by Gasteiger charge is 2.31. The van der Waals surface area contributed by atoms with E-state index in [-0.39, 0.29) is 0 Å². The van der Waals surface area contributed by atoms with Gasteiger partial charge in [-0.1, -0.05) is 27.2 Å². The number of anilines is 1. The number of hydrogen-bond donors (Lipinski definition) is 2. The molecule has 1 aliphatic rings. The number of nitrogens with one attached hydrogen (secondary N) is 1. The predicted octanol–water partition coefficient (Wildman–Crippen LogP) is 5.11. The lowest BCUT2D eigenvalue weighted by atomic mass is 9.69. The summed E-state index contributed by atoms with van der Waals surface area (Å²) in [5.74, 6) is 1.22. The highest BCUT2D eigenvalue weighted by Crippen LogP contribution is 2.41. The minimum absolute atomic E-state index is 0.349. The van der Waals surface area contributed by atoms with Crippen LogP contribution >= 0.6 is 0 Å². The molecular weight excluding hydrogens is 246 g/mol. The molecule has 0 aliphatic heterocycles. The maximum Gasteiger partial charge on any atom is 0.115 e. The van der Waals surface area contributed by atoms with Gasteiger partial charge in [0, 0.05) is 11.7 Å². The van der Waals surface area contributed by atoms with Crippen LogP contribution < -0.4 is 5.32 Å². The molecule has 2 nitrogen and oxygen atoms in total. The van der Waals surface area contributed by atoms with Crippen LogP contribution in [0.4, 0.5) is 5.69 Å². The summed E-state index contributed by atoms with van der Waals surface area (Å²) < 4.78 is 0. The van der Waals surface area contributed by atoms with Crippen molar-refractivity contribution in [3.63, 3.8) is 0 Å². The van der Waals surface area contributed by atoms with Crippen LogP contribution in [-0.2, 0) is 0 Å². The maximum atomic E-state index is 9.47. The summed E-state index contributed by atoms with van der Waals surface area (Å²) in [6.45, 7) is 9.18. The molecule has 1 saturated carbocycles. The summed E-state index contributed by atoms with van der Waals surface area (Å²) in [6.07, 6.45) is 6.45. The number of benzene rings is 1. The van der Waals surface area contributed by atoms with Gasteiger partial charge < -0.3 is 10.4 Å². The number of rotatable bonds is 4. The quantitative estimate of drug-likeness (QED) is 0.749. The summed E-state index contributed by atoms with van der Waals surface area (Å²) >= 11 is 0. The van der Waals surface area contributed by atoms with Crippen molar-refractivity contribution in [2.75, 3.05) is 5.32 Å². The third kappa shape index (κ3) is 3.47. The molecular formula is C18H29NO. The van der Waals surface area contributed by atoms with E-state index in [1.54, 1.807) is 6.07 Å². The first-order chi connectivity index (χ1) is 9.42. The van der Waals surface area contributed by atoms with Crippen LogP contribution in [0.15, 0.2) is 18.2 Å². The third-order valence-corrected chi connectivity index (χ3v) is 5.31. The average molecular weight is 275 g/mol. The van der Waals surface area contributed by atoms with Gasteiger partial charge in [0.25, 0.3) is 0 Å². The van der Waals surface area contributed by atoms with E-state index in [1.807, 2.05) is 19.1 Å². The first-order valence-electron chi connectivity index (χ1n) is 7.98. The maximum absolute atomic E-state index is 9.47. The molecule has 112 valence electrons. The number of aryl methyl sites for hydroxylation is 1. The van der Waals surface area contributed by atoms with Gasteiger partial charge in [0.15, 0.2) is 0 Å². The van der Waals surface area contributed by atoms with Gasteiger partial charge in [-0.05, 0) is 67.7 Å². The van der Waals surface area contributed by atoms with E-state index in [2.05, 4.69) is 26.1 Å². The van der Waals surface area contributed by atoms with Gasteiger partial charge in [-0.25, -0.2) is 0 Å². The van der Waals surface area contributed by atoms with Crippen LogP contribution in [0.25, 0.3) is 0 Å². The fraction of sp³-hybridized carbons (Fsp3) is 0.667. The molecule has 1 aromatic rings. The van der Waals surface area contributed by atoms with Crippen molar-refractivity contribution in [1.82, 2.24) is 0 Å². The fourth-order valence-electron chi connectivity index (χ4n) is 3.34. The lowest BCUT2D eigenvalue weighted by molar-refractivity contribution is 0.147. The Kier molecular flexibility index (Phi) is 4.62. The van der Waals surface area contributed by atoms with Gasteiger partial charge in [0.2, 0.25) is 0 Å². The minimum Gasteiger partial charge on any atom is -0.508 e. The van der Waals surface area contributed by atoms with Crippen molar-refractivity contribution in [3.05, 3.63) is 23.8 Å². The van der Waals surface area contributed by atoms with E-state index >= 15 is 0 Å². The van der Waals surface area contributed by atoms with Gasteiger partial charge >= 0.3 is 0 Å². The Morgan fingerprint density at radius 3 is 2.40 bits per heavy atom. The van der Waals surface area contributed by atoms with E-state index in [4.69, 9.17) is 0 Å². The van der Waals surface area contributed by atoms with Crippen LogP contribution in [0.1, 0.15) is 58.4 Å². The first kappa shape index (κ1) is 15.2. The Labute approximate surface area is 123 Å². The summed E-state index contributed by atoms with van der Waals surface area (Å²) in [7, 11) is 0. The molecule has 0 radical (unpaired) electrons. The van der Waals surface area contributed by atoms with Crippen LogP contribution in [0, 0.1) is 18.3 Å². The zero-order chi connectivity index (χ0) is 14.8. The van der Waals surface area contributed by atoms with E-state index in [9.17, 15) is 5.11 Å². The van der Waals surface area contributed by atoms with E-state index in [0.717, 1.165) is 11.5 Å². The molecule has 0 unspecified atom stereocenters. The molecule has 2 N–H and O–H groups in total. The SMILES string of the molecule is CCC(C)(C)C1CCC(Nc2ccc(O)cc2C)CC1. The summed E-state index contributed by atoms with van der Waals surface area (Å²) in [4.78, 5) is 0. The molecule has 2 rings (SSSR count). The number of hydrogen-bond acceptors (Lipinski definition) is 2. The van der Waals surface area contributed by atoms with Crippen molar-refractivity contribution in [3.8, 4) is 5.75 Å². The minimum atomic E-state index is 0.349. The Hall–Kier alpha value is -1.18. The number of phenolic OH excluding ortho intramolecular Hbond substituents is 1. The monoisotopic (exact) mass is 275 g/mol. The lowest BCUT2D eigenvalue weighted by Crippen LogP contribution is -2.32. The molecule has 0 amide bonds. The van der Waals surface area contributed by atoms with Crippen LogP contribution in [-0.4, -0.2) is 11.1 Å². The van der Waals surface area contributed by atoms with Gasteiger partial charge in [0.05, 0.1) is 0 Å². The second-order valence-corrected chi connectivity index (χ2v) is 7.03. The van der Waals surface area contributed by atoms with Gasteiger partial charge in [-0.15, -0.1) is 0 Å². The highest BCUT2D eigenvalue weighted by molar-refractivity contribution is 5.53. The first-order valence-corrected chi connectivity index (χ1v) is 7.98. The summed E-state index contributed by atoms with van der Waals surface area (Å²) in [5.41, 5.74) is 2.78. The highest BCUT2D eigenvalue weighted by atomic mass is 16.3. The number of phenols is 1. The standard InChI is InChI=1S/C18H29NO/c1-5-18(3,4)14-6-8-15(9-7-14)19-17-11-10-16(20)12-13(17)2/h10-12,14-15,19-20H,5-9H2,1-4H3. The molecule has 1 aliphatic carbocycles. The third-order valence-electron chi connectivity index (χ3n) is 5.31. The average Bonchev–Trinajstić information content (AvgIpc) is 2.42.